The van der Waals surface area contributed by atoms with E-state index in [4.69, 9.17) is 16.3 Å². The van der Waals surface area contributed by atoms with Gasteiger partial charge in [-0.2, -0.15) is 0 Å². The average Bonchev–Trinajstić information content (AvgIpc) is 2.28. The van der Waals surface area contributed by atoms with Crippen LogP contribution in [-0.4, -0.2) is 19.7 Å². The Hall–Kier alpha value is -1.42. The topological polar surface area (TPSA) is 50.4 Å². The fraction of sp³-hybridized carbons (Fsp3) is 0.462. The molecule has 0 radical (unpaired) electrons. The van der Waals surface area contributed by atoms with Crippen LogP contribution >= 0.6 is 11.6 Å². The summed E-state index contributed by atoms with van der Waals surface area (Å²) in [6.45, 7) is 4.87. The van der Waals surface area contributed by atoms with Crippen molar-refractivity contribution in [2.24, 2.45) is 5.92 Å². The molecule has 0 aliphatic carbocycles. The molecule has 0 aliphatic rings. The predicted octanol–water partition coefficient (Wildman–Crippen LogP) is 3.52. The van der Waals surface area contributed by atoms with E-state index in [1.807, 2.05) is 0 Å². The maximum absolute atomic E-state index is 11.7. The van der Waals surface area contributed by atoms with Crippen molar-refractivity contribution in [3.63, 3.8) is 0 Å². The molecule has 0 saturated heterocycles. The SMILES string of the molecule is COc1c(Cl)cccc1NC(=O)NCCC(C)C. The lowest BCUT2D eigenvalue weighted by molar-refractivity contribution is 0.251. The van der Waals surface area contributed by atoms with Crippen LogP contribution < -0.4 is 15.4 Å². The van der Waals surface area contributed by atoms with Crippen LogP contribution in [-0.2, 0) is 0 Å². The average molecular weight is 271 g/mol. The monoisotopic (exact) mass is 270 g/mol. The predicted molar refractivity (Wildman–Crippen MR) is 74.5 cm³/mol. The van der Waals surface area contributed by atoms with Crippen LogP contribution in [0.5, 0.6) is 5.75 Å². The van der Waals surface area contributed by atoms with E-state index in [0.717, 1.165) is 6.42 Å². The van der Waals surface area contributed by atoms with Gasteiger partial charge >= 0.3 is 6.03 Å². The second-order valence-electron chi connectivity index (χ2n) is 4.38. The summed E-state index contributed by atoms with van der Waals surface area (Å²) in [5.41, 5.74) is 0.562. The molecule has 4 nitrogen and oxygen atoms in total. The van der Waals surface area contributed by atoms with Gasteiger partial charge in [0.05, 0.1) is 17.8 Å². The number of urea groups is 1. The molecule has 0 fully saturated rings. The van der Waals surface area contributed by atoms with Gasteiger partial charge in [0, 0.05) is 6.54 Å². The van der Waals surface area contributed by atoms with Gasteiger partial charge in [0.25, 0.3) is 0 Å². The maximum Gasteiger partial charge on any atom is 0.319 e. The third-order valence-corrected chi connectivity index (χ3v) is 2.72. The molecule has 2 N–H and O–H groups in total. The summed E-state index contributed by atoms with van der Waals surface area (Å²) >= 11 is 5.96. The maximum atomic E-state index is 11.7. The van der Waals surface area contributed by atoms with E-state index in [2.05, 4.69) is 24.5 Å². The smallest absolute Gasteiger partial charge is 0.319 e. The van der Waals surface area contributed by atoms with Gasteiger partial charge in [-0.05, 0) is 24.5 Å². The Morgan fingerprint density at radius 1 is 1.44 bits per heavy atom. The molecule has 0 aromatic heterocycles. The highest BCUT2D eigenvalue weighted by Crippen LogP contribution is 2.32. The van der Waals surface area contributed by atoms with Crippen molar-refractivity contribution in [2.45, 2.75) is 20.3 Å². The number of carbonyl (C=O) groups excluding carboxylic acids is 1. The van der Waals surface area contributed by atoms with Gasteiger partial charge in [-0.15, -0.1) is 0 Å². The Labute approximate surface area is 113 Å². The molecule has 1 aromatic carbocycles. The number of rotatable bonds is 5. The quantitative estimate of drug-likeness (QED) is 0.860. The summed E-state index contributed by atoms with van der Waals surface area (Å²) in [5, 5.41) is 5.97. The Kier molecular flexibility index (Phi) is 5.78. The summed E-state index contributed by atoms with van der Waals surface area (Å²) in [7, 11) is 1.52. The van der Waals surface area contributed by atoms with Gasteiger partial charge < -0.3 is 15.4 Å². The molecule has 0 saturated carbocycles. The number of anilines is 1. The van der Waals surface area contributed by atoms with E-state index < -0.39 is 0 Å². The van der Waals surface area contributed by atoms with Crippen molar-refractivity contribution in [3.05, 3.63) is 23.2 Å². The normalized spacial score (nSPS) is 10.3. The van der Waals surface area contributed by atoms with Crippen molar-refractivity contribution in [1.82, 2.24) is 5.32 Å². The number of halogens is 1. The first-order valence-corrected chi connectivity index (χ1v) is 6.29. The van der Waals surface area contributed by atoms with Crippen LogP contribution in [0.4, 0.5) is 10.5 Å². The molecule has 1 rings (SSSR count). The number of amides is 2. The highest BCUT2D eigenvalue weighted by atomic mass is 35.5. The third kappa shape index (κ3) is 4.45. The first-order valence-electron chi connectivity index (χ1n) is 5.92. The van der Waals surface area contributed by atoms with Crippen molar-refractivity contribution in [2.75, 3.05) is 19.0 Å². The highest BCUT2D eigenvalue weighted by Gasteiger charge is 2.09. The Morgan fingerprint density at radius 2 is 2.17 bits per heavy atom. The molecule has 0 atom stereocenters. The van der Waals surface area contributed by atoms with Crippen molar-refractivity contribution >= 4 is 23.3 Å². The highest BCUT2D eigenvalue weighted by molar-refractivity contribution is 6.32. The Bertz CT molecular complexity index is 408. The number of para-hydroxylation sites is 1. The summed E-state index contributed by atoms with van der Waals surface area (Å²) in [6.07, 6.45) is 0.945. The number of benzene rings is 1. The van der Waals surface area contributed by atoms with E-state index in [0.29, 0.717) is 28.9 Å². The summed E-state index contributed by atoms with van der Waals surface area (Å²) in [4.78, 5) is 11.7. The van der Waals surface area contributed by atoms with Gasteiger partial charge in [0.15, 0.2) is 5.75 Å². The molecule has 0 bridgehead atoms. The van der Waals surface area contributed by atoms with E-state index in [1.54, 1.807) is 18.2 Å². The number of hydrogen-bond donors (Lipinski definition) is 2. The van der Waals surface area contributed by atoms with Crippen molar-refractivity contribution in [3.8, 4) is 5.75 Å². The summed E-state index contributed by atoms with van der Waals surface area (Å²) < 4.78 is 5.15. The van der Waals surface area contributed by atoms with E-state index >= 15 is 0 Å². The first kappa shape index (κ1) is 14.6. The van der Waals surface area contributed by atoms with Gasteiger partial charge in [0.2, 0.25) is 0 Å². The van der Waals surface area contributed by atoms with Crippen molar-refractivity contribution in [1.29, 1.82) is 0 Å². The molecular formula is C13H19ClN2O2. The van der Waals surface area contributed by atoms with Crippen LogP contribution in [0.25, 0.3) is 0 Å². The summed E-state index contributed by atoms with van der Waals surface area (Å²) in [6, 6.07) is 4.96. The fourth-order valence-electron chi connectivity index (χ4n) is 1.46. The number of carbonyl (C=O) groups is 1. The molecule has 100 valence electrons. The molecule has 0 heterocycles. The van der Waals surface area contributed by atoms with Gasteiger partial charge in [-0.1, -0.05) is 31.5 Å². The summed E-state index contributed by atoms with van der Waals surface area (Å²) in [5.74, 6) is 1.03. The van der Waals surface area contributed by atoms with E-state index in [-0.39, 0.29) is 6.03 Å². The number of methoxy groups -OCH3 is 1. The van der Waals surface area contributed by atoms with Crippen LogP contribution in [0, 0.1) is 5.92 Å². The minimum absolute atomic E-state index is 0.254. The van der Waals surface area contributed by atoms with Crippen LogP contribution in [0.1, 0.15) is 20.3 Å². The lowest BCUT2D eigenvalue weighted by atomic mass is 10.1. The van der Waals surface area contributed by atoms with E-state index in [1.165, 1.54) is 7.11 Å². The van der Waals surface area contributed by atoms with Crippen LogP contribution in [0.2, 0.25) is 5.02 Å². The standard InChI is InChI=1S/C13H19ClN2O2/c1-9(2)7-8-15-13(17)16-11-6-4-5-10(14)12(11)18-3/h4-6,9H,7-8H2,1-3H3,(H2,15,16,17). The fourth-order valence-corrected chi connectivity index (χ4v) is 1.71. The molecule has 2 amide bonds. The number of nitrogens with one attached hydrogen (secondary N) is 2. The largest absolute Gasteiger partial charge is 0.493 e. The minimum atomic E-state index is -0.254. The minimum Gasteiger partial charge on any atom is -0.493 e. The van der Waals surface area contributed by atoms with Gasteiger partial charge in [-0.3, -0.25) is 0 Å². The lowest BCUT2D eigenvalue weighted by Crippen LogP contribution is -2.30. The molecule has 0 spiro atoms. The third-order valence-electron chi connectivity index (χ3n) is 2.43. The van der Waals surface area contributed by atoms with Gasteiger partial charge in [-0.25, -0.2) is 4.79 Å². The second kappa shape index (κ2) is 7.11. The molecule has 0 aliphatic heterocycles. The Balaban J connectivity index is 2.56. The van der Waals surface area contributed by atoms with Gasteiger partial charge in [0.1, 0.15) is 0 Å². The van der Waals surface area contributed by atoms with Crippen molar-refractivity contribution < 1.29 is 9.53 Å². The molecular weight excluding hydrogens is 252 g/mol. The lowest BCUT2D eigenvalue weighted by Gasteiger charge is -2.12. The molecule has 1 aromatic rings. The number of hydrogen-bond acceptors (Lipinski definition) is 2. The van der Waals surface area contributed by atoms with E-state index in [9.17, 15) is 4.79 Å². The number of ether oxygens (including phenoxy) is 1. The second-order valence-corrected chi connectivity index (χ2v) is 4.79. The van der Waals surface area contributed by atoms with Crippen LogP contribution in [0.15, 0.2) is 18.2 Å². The zero-order valence-corrected chi connectivity index (χ0v) is 11.7. The zero-order valence-electron chi connectivity index (χ0n) is 10.9. The molecule has 0 unspecified atom stereocenters. The zero-order chi connectivity index (χ0) is 13.5. The molecule has 5 heteroatoms. The van der Waals surface area contributed by atoms with Crippen LogP contribution in [0.3, 0.4) is 0 Å². The first-order chi connectivity index (χ1) is 8.54. The molecule has 18 heavy (non-hydrogen) atoms. The Morgan fingerprint density at radius 3 is 2.78 bits per heavy atom.